The highest BCUT2D eigenvalue weighted by Gasteiger charge is 2.43. The molecular formula is C21H22ClFN4O4S2. The van der Waals surface area contributed by atoms with Crippen LogP contribution in [0.15, 0.2) is 46.0 Å². The molecule has 33 heavy (non-hydrogen) atoms. The number of halogens is 2. The van der Waals surface area contributed by atoms with Crippen molar-refractivity contribution < 1.29 is 22.3 Å². The lowest BCUT2D eigenvalue weighted by Gasteiger charge is -2.32. The molecule has 0 bridgehead atoms. The second-order valence-electron chi connectivity index (χ2n) is 8.07. The van der Waals surface area contributed by atoms with E-state index in [1.54, 1.807) is 30.3 Å². The number of rotatable bonds is 6. The van der Waals surface area contributed by atoms with Crippen LogP contribution in [0.1, 0.15) is 36.9 Å². The van der Waals surface area contributed by atoms with Crippen molar-refractivity contribution in [2.45, 2.75) is 38.5 Å². The number of carbonyl (C=O) groups is 1. The predicted octanol–water partition coefficient (Wildman–Crippen LogP) is 3.27. The number of ether oxygens (including phenoxy) is 1. The van der Waals surface area contributed by atoms with Crippen LogP contribution in [0.4, 0.5) is 4.39 Å². The van der Waals surface area contributed by atoms with E-state index in [4.69, 9.17) is 21.3 Å². The first-order chi connectivity index (χ1) is 15.5. The molecule has 3 heterocycles. The van der Waals surface area contributed by atoms with Gasteiger partial charge in [0.15, 0.2) is 10.8 Å². The van der Waals surface area contributed by atoms with Crippen LogP contribution < -0.4 is 4.72 Å². The number of nitrogens with one attached hydrogen (secondary N) is 1. The zero-order chi connectivity index (χ0) is 23.9. The molecule has 2 aliphatic heterocycles. The van der Waals surface area contributed by atoms with Crippen LogP contribution in [-0.2, 0) is 19.6 Å². The highest BCUT2D eigenvalue weighted by Crippen LogP contribution is 2.42. The lowest BCUT2D eigenvalue weighted by molar-refractivity contribution is -0.143. The number of thiazole rings is 1. The van der Waals surface area contributed by atoms with Gasteiger partial charge in [-0.2, -0.15) is 0 Å². The quantitative estimate of drug-likeness (QED) is 0.596. The van der Waals surface area contributed by atoms with Gasteiger partial charge in [0.05, 0.1) is 17.9 Å². The molecule has 4 rings (SSSR count). The number of aromatic nitrogens is 1. The van der Waals surface area contributed by atoms with Gasteiger partial charge < -0.3 is 9.64 Å². The van der Waals surface area contributed by atoms with Crippen LogP contribution in [0.3, 0.4) is 0 Å². The van der Waals surface area contributed by atoms with Crippen LogP contribution in [0.5, 0.6) is 0 Å². The molecule has 0 radical (unpaired) electrons. The monoisotopic (exact) mass is 512 g/mol. The Hall–Kier alpha value is -2.34. The summed E-state index contributed by atoms with van der Waals surface area (Å²) < 4.78 is 45.7. The molecule has 8 nitrogen and oxygen atoms in total. The topological polar surface area (TPSA) is 101 Å². The summed E-state index contributed by atoms with van der Waals surface area (Å²) in [5.41, 5.74) is 1.26. The molecule has 1 N–H and O–H groups in total. The molecule has 2 aromatic rings. The summed E-state index contributed by atoms with van der Waals surface area (Å²) in [5.74, 6) is -0.607. The normalized spacial score (nSPS) is 20.8. The Labute approximate surface area is 200 Å². The minimum atomic E-state index is -3.49. The maximum Gasteiger partial charge on any atom is 0.338 e. The largest absolute Gasteiger partial charge is 0.459 e. The minimum absolute atomic E-state index is 0.120. The van der Waals surface area contributed by atoms with Gasteiger partial charge in [-0.05, 0) is 26.0 Å². The van der Waals surface area contributed by atoms with E-state index < -0.39 is 33.9 Å². The van der Waals surface area contributed by atoms with E-state index in [1.807, 2.05) is 0 Å². The van der Waals surface area contributed by atoms with Gasteiger partial charge in [-0.1, -0.05) is 17.7 Å². The zero-order valence-corrected chi connectivity index (χ0v) is 20.5. The molecule has 2 aliphatic rings. The van der Waals surface area contributed by atoms with Crippen molar-refractivity contribution in [1.29, 1.82) is 0 Å². The fraction of sp³-hybridized carbons (Fsp3) is 0.381. The van der Waals surface area contributed by atoms with Crippen LogP contribution in [0.2, 0.25) is 5.02 Å². The third-order valence-electron chi connectivity index (χ3n) is 5.08. The van der Waals surface area contributed by atoms with Crippen molar-refractivity contribution in [3.8, 4) is 0 Å². The summed E-state index contributed by atoms with van der Waals surface area (Å²) in [6.45, 7) is 3.73. The van der Waals surface area contributed by atoms with E-state index in [9.17, 15) is 17.6 Å². The average Bonchev–Trinajstić information content (AvgIpc) is 3.34. The molecule has 0 saturated carbocycles. The molecule has 0 spiro atoms. The first-order valence-corrected chi connectivity index (χ1v) is 13.3. The Morgan fingerprint density at radius 1 is 1.39 bits per heavy atom. The molecule has 176 valence electrons. The second kappa shape index (κ2) is 9.13. The van der Waals surface area contributed by atoms with Crippen LogP contribution in [0.25, 0.3) is 0 Å². The van der Waals surface area contributed by atoms with Gasteiger partial charge in [0.25, 0.3) is 0 Å². The maximum atomic E-state index is 13.8. The van der Waals surface area contributed by atoms with Crippen molar-refractivity contribution in [2.24, 2.45) is 4.99 Å². The van der Waals surface area contributed by atoms with Gasteiger partial charge in [-0.25, -0.2) is 27.3 Å². The van der Waals surface area contributed by atoms with Gasteiger partial charge in [0.2, 0.25) is 10.0 Å². The summed E-state index contributed by atoms with van der Waals surface area (Å²) in [7, 11) is -3.49. The van der Waals surface area contributed by atoms with E-state index in [0.29, 0.717) is 22.1 Å². The minimum Gasteiger partial charge on any atom is -0.459 e. The Bertz CT molecular complexity index is 1240. The molecular weight excluding hydrogens is 491 g/mol. The van der Waals surface area contributed by atoms with E-state index >= 15 is 0 Å². The maximum absolute atomic E-state index is 13.8. The first-order valence-electron chi connectivity index (χ1n) is 10.1. The fourth-order valence-electron chi connectivity index (χ4n) is 3.96. The molecule has 1 fully saturated rings. The lowest BCUT2D eigenvalue weighted by Crippen LogP contribution is -2.39. The number of carbonyl (C=O) groups excluding carboxylic acids is 1. The standard InChI is InChI=1S/C21H22ClFN4O4S2/c1-11(2)31-21(28)17-16-9-13(26-33(3,29)30)10-27(16)19(20-24-6-7-32-20)25-18(17)14-5-4-12(23)8-15(14)22/h4-8,11,13,18,26H,9-10H2,1-3H3/t13-,18-/m0/s1. The fourth-order valence-corrected chi connectivity index (χ4v) is 5.64. The van der Waals surface area contributed by atoms with Crippen molar-refractivity contribution in [3.63, 3.8) is 0 Å². The van der Waals surface area contributed by atoms with Crippen molar-refractivity contribution in [3.05, 3.63) is 62.5 Å². The van der Waals surface area contributed by atoms with Gasteiger partial charge >= 0.3 is 5.97 Å². The van der Waals surface area contributed by atoms with Crippen molar-refractivity contribution in [2.75, 3.05) is 12.8 Å². The molecule has 1 aromatic heterocycles. The summed E-state index contributed by atoms with van der Waals surface area (Å²) in [5, 5.41) is 2.52. The van der Waals surface area contributed by atoms with Crippen molar-refractivity contribution in [1.82, 2.24) is 14.6 Å². The summed E-state index contributed by atoms with van der Waals surface area (Å²) in [6.07, 6.45) is 2.58. The number of nitrogens with zero attached hydrogens (tertiary/aromatic N) is 3. The number of amidine groups is 1. The second-order valence-corrected chi connectivity index (χ2v) is 11.2. The average molecular weight is 513 g/mol. The Kier molecular flexibility index (Phi) is 6.59. The van der Waals surface area contributed by atoms with Crippen LogP contribution >= 0.6 is 22.9 Å². The number of hydrogen-bond acceptors (Lipinski definition) is 8. The van der Waals surface area contributed by atoms with E-state index in [1.165, 1.54) is 29.5 Å². The molecule has 0 unspecified atom stereocenters. The lowest BCUT2D eigenvalue weighted by atomic mass is 9.94. The van der Waals surface area contributed by atoms with Crippen LogP contribution in [0, 0.1) is 5.82 Å². The third kappa shape index (κ3) is 5.11. The molecule has 12 heteroatoms. The van der Waals surface area contributed by atoms with Crippen molar-refractivity contribution >= 4 is 44.8 Å². The SMILES string of the molecule is CC(C)OC(=O)C1=C2C[C@H](NS(C)(=O)=O)CN2C(c2nccs2)=N[C@H]1c1ccc(F)cc1Cl. The van der Waals surface area contributed by atoms with E-state index in [-0.39, 0.29) is 29.7 Å². The van der Waals surface area contributed by atoms with E-state index in [2.05, 4.69) is 9.71 Å². The number of sulfonamides is 1. The number of fused-ring (bicyclic) bond motifs is 1. The van der Waals surface area contributed by atoms with Gasteiger partial charge in [-0.15, -0.1) is 11.3 Å². The van der Waals surface area contributed by atoms with Gasteiger partial charge in [-0.3, -0.25) is 4.99 Å². The number of esters is 1. The summed E-state index contributed by atoms with van der Waals surface area (Å²) >= 11 is 7.73. The van der Waals surface area contributed by atoms with E-state index in [0.717, 1.165) is 6.26 Å². The summed E-state index contributed by atoms with van der Waals surface area (Å²) in [4.78, 5) is 24.2. The highest BCUT2D eigenvalue weighted by atomic mass is 35.5. The predicted molar refractivity (Wildman–Crippen MR) is 124 cm³/mol. The molecule has 1 saturated heterocycles. The third-order valence-corrected chi connectivity index (χ3v) is 6.94. The Morgan fingerprint density at radius 2 is 2.15 bits per heavy atom. The smallest absolute Gasteiger partial charge is 0.338 e. The highest BCUT2D eigenvalue weighted by molar-refractivity contribution is 7.88. The van der Waals surface area contributed by atoms with Gasteiger partial charge in [0.1, 0.15) is 11.9 Å². The number of hydrogen-bond donors (Lipinski definition) is 1. The molecule has 2 atom stereocenters. The van der Waals surface area contributed by atoms with Crippen LogP contribution in [-0.4, -0.2) is 55.1 Å². The first kappa shape index (κ1) is 23.8. The Morgan fingerprint density at radius 3 is 2.76 bits per heavy atom. The van der Waals surface area contributed by atoms with Gasteiger partial charge in [0, 0.05) is 46.9 Å². The number of benzene rings is 1. The molecule has 0 amide bonds. The zero-order valence-electron chi connectivity index (χ0n) is 18.1. The molecule has 1 aromatic carbocycles. The Balaban J connectivity index is 1.90. The summed E-state index contributed by atoms with van der Waals surface area (Å²) in [6, 6.07) is 2.56. The number of aliphatic imine (C=N–C) groups is 1. The molecule has 0 aliphatic carbocycles.